The highest BCUT2D eigenvalue weighted by Gasteiger charge is 2.49. The third-order valence-electron chi connectivity index (χ3n) is 4.26. The van der Waals surface area contributed by atoms with Crippen molar-refractivity contribution < 1.29 is 14.3 Å². The van der Waals surface area contributed by atoms with Crippen molar-refractivity contribution in [2.75, 3.05) is 40.0 Å². The summed E-state index contributed by atoms with van der Waals surface area (Å²) in [4.78, 5) is 11.6. The molecule has 5 nitrogen and oxygen atoms in total. The molecule has 2 rings (SSSR count). The summed E-state index contributed by atoms with van der Waals surface area (Å²) in [6, 6.07) is 0. The number of rotatable bonds is 8. The fraction of sp³-hybridized carbons (Fsp3) is 0.812. The number of likely N-dealkylation sites (N-methyl/N-ethyl adjacent to an activating group) is 1. The maximum absolute atomic E-state index is 11.6. The molecular formula is C16H26N2O3. The van der Waals surface area contributed by atoms with E-state index in [1.807, 2.05) is 7.05 Å². The molecule has 2 aliphatic carbocycles. The molecule has 0 radical (unpaired) electrons. The number of amides is 1. The molecule has 1 saturated carbocycles. The molecule has 2 aliphatic rings. The van der Waals surface area contributed by atoms with E-state index < -0.39 is 0 Å². The van der Waals surface area contributed by atoms with E-state index in [1.54, 1.807) is 0 Å². The quantitative estimate of drug-likeness (QED) is 0.524. The van der Waals surface area contributed by atoms with Crippen LogP contribution in [0.3, 0.4) is 0 Å². The van der Waals surface area contributed by atoms with Crippen LogP contribution in [0, 0.1) is 29.6 Å². The van der Waals surface area contributed by atoms with Gasteiger partial charge in [0.15, 0.2) is 0 Å². The van der Waals surface area contributed by atoms with Crippen molar-refractivity contribution in [2.45, 2.75) is 25.7 Å². The van der Waals surface area contributed by atoms with Gasteiger partial charge in [-0.2, -0.15) is 0 Å². The van der Waals surface area contributed by atoms with Crippen LogP contribution in [0.1, 0.15) is 25.7 Å². The van der Waals surface area contributed by atoms with Gasteiger partial charge in [0.2, 0.25) is 0 Å². The van der Waals surface area contributed by atoms with Crippen molar-refractivity contribution in [3.05, 3.63) is 0 Å². The predicted octanol–water partition coefficient (Wildman–Crippen LogP) is 1.39. The highest BCUT2D eigenvalue weighted by molar-refractivity contribution is 5.67. The van der Waals surface area contributed by atoms with E-state index in [2.05, 4.69) is 22.5 Å². The summed E-state index contributed by atoms with van der Waals surface area (Å²) in [5, 5.41) is 5.71. The van der Waals surface area contributed by atoms with Crippen LogP contribution in [0.4, 0.5) is 4.79 Å². The molecule has 0 aromatic rings. The van der Waals surface area contributed by atoms with E-state index in [0.717, 1.165) is 44.1 Å². The average molecular weight is 294 g/mol. The average Bonchev–Trinajstić information content (AvgIpc) is 3.10. The SMILES string of the molecule is CNCCOCCNC(=O)OCC1[C@H]2CCC#CCC[C@@H]12. The third kappa shape index (κ3) is 5.56. The Balaban J connectivity index is 1.50. The van der Waals surface area contributed by atoms with Crippen LogP contribution in [-0.2, 0) is 9.47 Å². The molecule has 0 bridgehead atoms. The number of fused-ring (bicyclic) bond motifs is 1. The van der Waals surface area contributed by atoms with Gasteiger partial charge in [-0.25, -0.2) is 4.79 Å². The first-order valence-corrected chi connectivity index (χ1v) is 7.91. The summed E-state index contributed by atoms with van der Waals surface area (Å²) in [6.07, 6.45) is 3.98. The molecule has 0 aromatic heterocycles. The second-order valence-corrected chi connectivity index (χ2v) is 5.66. The monoisotopic (exact) mass is 294 g/mol. The zero-order chi connectivity index (χ0) is 14.9. The van der Waals surface area contributed by atoms with Crippen molar-refractivity contribution in [3.8, 4) is 11.8 Å². The molecule has 3 atom stereocenters. The van der Waals surface area contributed by atoms with Crippen LogP contribution >= 0.6 is 0 Å². The zero-order valence-corrected chi connectivity index (χ0v) is 12.8. The molecule has 1 fully saturated rings. The van der Waals surface area contributed by atoms with E-state index in [1.165, 1.54) is 0 Å². The van der Waals surface area contributed by atoms with Gasteiger partial charge in [0, 0.05) is 25.9 Å². The van der Waals surface area contributed by atoms with E-state index in [9.17, 15) is 4.79 Å². The van der Waals surface area contributed by atoms with Gasteiger partial charge in [-0.1, -0.05) is 0 Å². The number of carbonyl (C=O) groups is 1. The van der Waals surface area contributed by atoms with Crippen LogP contribution in [0.15, 0.2) is 0 Å². The topological polar surface area (TPSA) is 59.6 Å². The second kappa shape index (κ2) is 8.91. The fourth-order valence-electron chi connectivity index (χ4n) is 3.01. The van der Waals surface area contributed by atoms with Crippen molar-refractivity contribution in [3.63, 3.8) is 0 Å². The lowest BCUT2D eigenvalue weighted by atomic mass is 10.1. The maximum atomic E-state index is 11.6. The summed E-state index contributed by atoms with van der Waals surface area (Å²) in [5.41, 5.74) is 0. The van der Waals surface area contributed by atoms with Crippen molar-refractivity contribution in [1.29, 1.82) is 0 Å². The Hall–Kier alpha value is -1.25. The zero-order valence-electron chi connectivity index (χ0n) is 12.8. The van der Waals surface area contributed by atoms with E-state index in [4.69, 9.17) is 9.47 Å². The first kappa shape index (κ1) is 16.1. The van der Waals surface area contributed by atoms with E-state index >= 15 is 0 Å². The summed E-state index contributed by atoms with van der Waals surface area (Å²) < 4.78 is 10.6. The number of hydrogen-bond acceptors (Lipinski definition) is 4. The lowest BCUT2D eigenvalue weighted by molar-refractivity contribution is 0.119. The molecule has 0 heterocycles. The van der Waals surface area contributed by atoms with Gasteiger partial charge in [0.05, 0.1) is 19.8 Å². The Kier molecular flexibility index (Phi) is 6.84. The molecule has 5 heteroatoms. The molecule has 21 heavy (non-hydrogen) atoms. The standard InChI is InChI=1S/C16H26N2O3/c1-17-8-10-20-11-9-18-16(19)21-12-15-13-6-4-2-3-5-7-14(13)15/h13-15,17H,4-12H2,1H3,(H,18,19)/t13-,14+,15?. The van der Waals surface area contributed by atoms with Gasteiger partial charge in [-0.3, -0.25) is 0 Å². The van der Waals surface area contributed by atoms with Crippen molar-refractivity contribution in [1.82, 2.24) is 10.6 Å². The number of alkyl carbamates (subject to hydrolysis) is 1. The molecule has 0 saturated heterocycles. The Labute approximate surface area is 127 Å². The molecular weight excluding hydrogens is 268 g/mol. The van der Waals surface area contributed by atoms with Crippen molar-refractivity contribution in [2.24, 2.45) is 17.8 Å². The summed E-state index contributed by atoms with van der Waals surface area (Å²) >= 11 is 0. The number of ether oxygens (including phenoxy) is 2. The number of hydrogen-bond donors (Lipinski definition) is 2. The highest BCUT2D eigenvalue weighted by atomic mass is 16.5. The summed E-state index contributed by atoms with van der Waals surface area (Å²) in [5.74, 6) is 8.37. The minimum Gasteiger partial charge on any atom is -0.449 e. The molecule has 1 amide bonds. The van der Waals surface area contributed by atoms with Crippen LogP contribution in [0.5, 0.6) is 0 Å². The predicted molar refractivity (Wildman–Crippen MR) is 80.8 cm³/mol. The molecule has 1 unspecified atom stereocenters. The Morgan fingerprint density at radius 3 is 2.48 bits per heavy atom. The van der Waals surface area contributed by atoms with Gasteiger partial charge in [0.1, 0.15) is 0 Å². The third-order valence-corrected chi connectivity index (χ3v) is 4.26. The summed E-state index contributed by atoms with van der Waals surface area (Å²) in [7, 11) is 1.88. The first-order chi connectivity index (χ1) is 10.3. The second-order valence-electron chi connectivity index (χ2n) is 5.66. The lowest BCUT2D eigenvalue weighted by Gasteiger charge is -2.07. The molecule has 0 aliphatic heterocycles. The molecule has 0 aromatic carbocycles. The Morgan fingerprint density at radius 1 is 1.14 bits per heavy atom. The van der Waals surface area contributed by atoms with Crippen LogP contribution in [0.25, 0.3) is 0 Å². The number of carbonyl (C=O) groups excluding carboxylic acids is 1. The Morgan fingerprint density at radius 2 is 1.81 bits per heavy atom. The normalized spacial score (nSPS) is 26.6. The van der Waals surface area contributed by atoms with Crippen LogP contribution in [-0.4, -0.2) is 46.1 Å². The minimum atomic E-state index is -0.331. The van der Waals surface area contributed by atoms with Crippen molar-refractivity contribution >= 4 is 6.09 Å². The summed E-state index contributed by atoms with van der Waals surface area (Å²) in [6.45, 7) is 3.03. The largest absolute Gasteiger partial charge is 0.449 e. The molecule has 0 spiro atoms. The van der Waals surface area contributed by atoms with Crippen LogP contribution < -0.4 is 10.6 Å². The fourth-order valence-corrected chi connectivity index (χ4v) is 3.01. The smallest absolute Gasteiger partial charge is 0.407 e. The number of nitrogens with one attached hydrogen (secondary N) is 2. The minimum absolute atomic E-state index is 0.331. The van der Waals surface area contributed by atoms with Gasteiger partial charge < -0.3 is 20.1 Å². The van der Waals surface area contributed by atoms with E-state index in [-0.39, 0.29) is 6.09 Å². The Bertz CT molecular complexity index is 371. The van der Waals surface area contributed by atoms with Gasteiger partial charge in [-0.05, 0) is 37.6 Å². The first-order valence-electron chi connectivity index (χ1n) is 7.91. The van der Waals surface area contributed by atoms with E-state index in [0.29, 0.717) is 32.3 Å². The van der Waals surface area contributed by atoms with Crippen LogP contribution in [0.2, 0.25) is 0 Å². The maximum Gasteiger partial charge on any atom is 0.407 e. The van der Waals surface area contributed by atoms with Gasteiger partial charge >= 0.3 is 6.09 Å². The molecule has 118 valence electrons. The molecule has 2 N–H and O–H groups in total. The highest BCUT2D eigenvalue weighted by Crippen LogP contribution is 2.52. The van der Waals surface area contributed by atoms with Gasteiger partial charge in [-0.15, -0.1) is 11.8 Å². The lowest BCUT2D eigenvalue weighted by Crippen LogP contribution is -2.29. The van der Waals surface area contributed by atoms with Gasteiger partial charge in [0.25, 0.3) is 0 Å².